The maximum absolute atomic E-state index is 13.0. The van der Waals surface area contributed by atoms with E-state index in [2.05, 4.69) is 51.3 Å². The number of nitrogens with zero attached hydrogens (tertiary/aromatic N) is 3. The summed E-state index contributed by atoms with van der Waals surface area (Å²) in [6.45, 7) is 10.2. The third-order valence-electron chi connectivity index (χ3n) is 8.39. The SMILES string of the molecule is Cn1cnc(NC(=O)C(CCCc2ccccc2)NC(=O)C(C)(C)NC(=O)OC(C)(C)C)c1.O=C(Cc1ccc2ccccc2c1)N1CCCC1. The van der Waals surface area contributed by atoms with Crippen LogP contribution in [0.2, 0.25) is 0 Å². The molecule has 1 unspecified atom stereocenters. The minimum absolute atomic E-state index is 0.266. The molecule has 0 radical (unpaired) electrons. The first-order chi connectivity index (χ1) is 24.2. The summed E-state index contributed by atoms with van der Waals surface area (Å²) in [4.78, 5) is 56.3. The van der Waals surface area contributed by atoms with Crippen LogP contribution in [0.1, 0.15) is 71.4 Å². The summed E-state index contributed by atoms with van der Waals surface area (Å²) in [5.74, 6) is -0.198. The number of carbonyl (C=O) groups is 4. The van der Waals surface area contributed by atoms with Gasteiger partial charge in [0.2, 0.25) is 17.7 Å². The monoisotopic (exact) mass is 696 g/mol. The molecule has 51 heavy (non-hydrogen) atoms. The second kappa shape index (κ2) is 17.6. The van der Waals surface area contributed by atoms with Crippen LogP contribution in [0.4, 0.5) is 10.6 Å². The summed E-state index contributed by atoms with van der Waals surface area (Å²) in [5, 5.41) is 10.5. The number of aryl methyl sites for hydroxylation is 2. The fourth-order valence-electron chi connectivity index (χ4n) is 5.67. The Labute approximate surface area is 301 Å². The summed E-state index contributed by atoms with van der Waals surface area (Å²) in [6.07, 6.45) is 7.26. The zero-order valence-electron chi connectivity index (χ0n) is 30.7. The first kappa shape index (κ1) is 38.6. The summed E-state index contributed by atoms with van der Waals surface area (Å²) >= 11 is 0. The van der Waals surface area contributed by atoms with E-state index in [1.807, 2.05) is 47.4 Å². The van der Waals surface area contributed by atoms with Gasteiger partial charge < -0.3 is 30.2 Å². The molecule has 0 bridgehead atoms. The molecular formula is C40H52N6O5. The van der Waals surface area contributed by atoms with Crippen LogP contribution in [0.25, 0.3) is 10.8 Å². The molecule has 0 aliphatic carbocycles. The first-order valence-corrected chi connectivity index (χ1v) is 17.6. The molecule has 0 spiro atoms. The highest BCUT2D eigenvalue weighted by atomic mass is 16.6. The Morgan fingerprint density at radius 2 is 1.53 bits per heavy atom. The Bertz CT molecular complexity index is 1770. The van der Waals surface area contributed by atoms with Crippen molar-refractivity contribution in [2.45, 2.75) is 90.3 Å². The van der Waals surface area contributed by atoms with Crippen LogP contribution in [-0.4, -0.2) is 68.5 Å². The highest BCUT2D eigenvalue weighted by molar-refractivity contribution is 5.98. The van der Waals surface area contributed by atoms with Crippen LogP contribution in [0.5, 0.6) is 0 Å². The molecule has 1 atom stereocenters. The maximum Gasteiger partial charge on any atom is 0.408 e. The van der Waals surface area contributed by atoms with Gasteiger partial charge in [0.1, 0.15) is 17.2 Å². The standard InChI is InChI=1S/C24H35N5O4.C16H17NO/c1-23(2,3)33-22(32)28-24(4,5)21(31)26-18(14-10-13-17-11-8-7-9-12-17)20(30)27-19-15-29(6)16-25-19;18-16(17-9-3-4-10-17)12-13-7-8-14-5-1-2-6-15(14)11-13/h7-9,11-12,15-16,18H,10,13-14H2,1-6H3,(H,26,31)(H,27,30)(H,28,32);1-2,5-8,11H,3-4,9-10,12H2. The number of hydrogen-bond acceptors (Lipinski definition) is 6. The maximum atomic E-state index is 13.0. The average Bonchev–Trinajstić information content (AvgIpc) is 3.76. The number of carbonyl (C=O) groups excluding carboxylic acids is 4. The topological polar surface area (TPSA) is 135 Å². The van der Waals surface area contributed by atoms with Crippen molar-refractivity contribution in [3.05, 3.63) is 96.4 Å². The smallest absolute Gasteiger partial charge is 0.408 e. The molecule has 1 saturated heterocycles. The number of anilines is 1. The van der Waals surface area contributed by atoms with Gasteiger partial charge >= 0.3 is 6.09 Å². The molecule has 1 aliphatic rings. The van der Waals surface area contributed by atoms with E-state index in [1.54, 1.807) is 58.8 Å². The lowest BCUT2D eigenvalue weighted by atomic mass is 10.0. The van der Waals surface area contributed by atoms with Gasteiger partial charge in [0, 0.05) is 26.3 Å². The highest BCUT2D eigenvalue weighted by Gasteiger charge is 2.34. The number of imidazole rings is 1. The molecule has 11 heteroatoms. The number of nitrogens with one attached hydrogen (secondary N) is 3. The van der Waals surface area contributed by atoms with Crippen molar-refractivity contribution in [3.8, 4) is 0 Å². The highest BCUT2D eigenvalue weighted by Crippen LogP contribution is 2.18. The molecule has 272 valence electrons. The second-order valence-electron chi connectivity index (χ2n) is 14.5. The van der Waals surface area contributed by atoms with E-state index >= 15 is 0 Å². The second-order valence-corrected chi connectivity index (χ2v) is 14.5. The van der Waals surface area contributed by atoms with Crippen molar-refractivity contribution in [2.24, 2.45) is 7.05 Å². The Hall–Kier alpha value is -5.19. The predicted molar refractivity (Wildman–Crippen MR) is 200 cm³/mol. The Morgan fingerprint density at radius 1 is 0.863 bits per heavy atom. The number of alkyl carbamates (subject to hydrolysis) is 1. The van der Waals surface area contributed by atoms with Gasteiger partial charge in [-0.3, -0.25) is 14.4 Å². The van der Waals surface area contributed by atoms with Crippen molar-refractivity contribution in [3.63, 3.8) is 0 Å². The number of likely N-dealkylation sites (tertiary alicyclic amines) is 1. The number of benzene rings is 3. The van der Waals surface area contributed by atoms with Crippen molar-refractivity contribution >= 4 is 40.4 Å². The van der Waals surface area contributed by atoms with Crippen LogP contribution in [0.15, 0.2) is 85.3 Å². The lowest BCUT2D eigenvalue weighted by Gasteiger charge is -2.29. The van der Waals surface area contributed by atoms with Gasteiger partial charge in [-0.25, -0.2) is 9.78 Å². The van der Waals surface area contributed by atoms with Gasteiger partial charge in [-0.1, -0.05) is 72.8 Å². The minimum atomic E-state index is -1.29. The van der Waals surface area contributed by atoms with Crippen molar-refractivity contribution in [1.82, 2.24) is 25.1 Å². The third-order valence-corrected chi connectivity index (χ3v) is 8.39. The first-order valence-electron chi connectivity index (χ1n) is 17.6. The van der Waals surface area contributed by atoms with E-state index in [1.165, 1.54) is 10.8 Å². The van der Waals surface area contributed by atoms with Crippen LogP contribution in [-0.2, 0) is 39.0 Å². The molecule has 1 aliphatic heterocycles. The van der Waals surface area contributed by atoms with Crippen molar-refractivity contribution in [2.75, 3.05) is 18.4 Å². The van der Waals surface area contributed by atoms with Gasteiger partial charge in [0.25, 0.3) is 0 Å². The van der Waals surface area contributed by atoms with E-state index in [9.17, 15) is 19.2 Å². The fourth-order valence-corrected chi connectivity index (χ4v) is 5.67. The lowest BCUT2D eigenvalue weighted by molar-refractivity contribution is -0.130. The molecule has 4 amide bonds. The summed E-state index contributed by atoms with van der Waals surface area (Å²) in [6, 6.07) is 23.7. The Morgan fingerprint density at radius 3 is 2.18 bits per heavy atom. The molecule has 4 aromatic rings. The molecule has 11 nitrogen and oxygen atoms in total. The molecule has 2 heterocycles. The fraction of sp³-hybridized carbons (Fsp3) is 0.425. The van der Waals surface area contributed by atoms with Crippen molar-refractivity contribution in [1.29, 1.82) is 0 Å². The van der Waals surface area contributed by atoms with E-state index in [0.29, 0.717) is 25.1 Å². The molecule has 1 aromatic heterocycles. The van der Waals surface area contributed by atoms with Gasteiger partial charge in [-0.2, -0.15) is 0 Å². The number of aromatic nitrogens is 2. The molecule has 0 saturated carbocycles. The van der Waals surface area contributed by atoms with Gasteiger partial charge in [0.15, 0.2) is 5.82 Å². The molecule has 3 aromatic carbocycles. The Balaban J connectivity index is 0.000000269. The summed E-state index contributed by atoms with van der Waals surface area (Å²) < 4.78 is 6.97. The number of rotatable bonds is 11. The molecular weight excluding hydrogens is 644 g/mol. The van der Waals surface area contributed by atoms with Crippen LogP contribution >= 0.6 is 0 Å². The zero-order chi connectivity index (χ0) is 37.0. The number of fused-ring (bicyclic) bond motifs is 1. The van der Waals surface area contributed by atoms with Gasteiger partial charge in [0.05, 0.1) is 12.7 Å². The molecule has 5 rings (SSSR count). The number of hydrogen-bond donors (Lipinski definition) is 3. The largest absolute Gasteiger partial charge is 0.444 e. The third kappa shape index (κ3) is 12.6. The van der Waals surface area contributed by atoms with Crippen molar-refractivity contribution < 1.29 is 23.9 Å². The van der Waals surface area contributed by atoms with Gasteiger partial charge in [-0.05, 0) is 88.6 Å². The lowest BCUT2D eigenvalue weighted by Crippen LogP contribution is -2.58. The predicted octanol–water partition coefficient (Wildman–Crippen LogP) is 6.17. The average molecular weight is 697 g/mol. The van der Waals surface area contributed by atoms with E-state index in [-0.39, 0.29) is 11.8 Å². The van der Waals surface area contributed by atoms with Gasteiger partial charge in [-0.15, -0.1) is 0 Å². The molecule has 1 fully saturated rings. The van der Waals surface area contributed by atoms with Crippen LogP contribution in [0, 0.1) is 0 Å². The summed E-state index contributed by atoms with van der Waals surface area (Å²) in [7, 11) is 1.80. The zero-order valence-corrected chi connectivity index (χ0v) is 30.7. The quantitative estimate of drug-likeness (QED) is 0.172. The van der Waals surface area contributed by atoms with E-state index < -0.39 is 29.2 Å². The minimum Gasteiger partial charge on any atom is -0.444 e. The van der Waals surface area contributed by atoms with E-state index in [4.69, 9.17) is 4.74 Å². The van der Waals surface area contributed by atoms with E-state index in [0.717, 1.165) is 43.5 Å². The summed E-state index contributed by atoms with van der Waals surface area (Å²) in [5.41, 5.74) is 0.287. The number of ether oxygens (including phenoxy) is 1. The van der Waals surface area contributed by atoms with Crippen LogP contribution in [0.3, 0.4) is 0 Å². The number of amides is 4. The van der Waals surface area contributed by atoms with Crippen LogP contribution < -0.4 is 16.0 Å². The normalized spacial score (nSPS) is 13.5. The molecule has 3 N–H and O–H groups in total. The Kier molecular flexibility index (Phi) is 13.4.